The highest BCUT2D eigenvalue weighted by molar-refractivity contribution is 5.95. The molecule has 0 spiro atoms. The van der Waals surface area contributed by atoms with Crippen LogP contribution >= 0.6 is 0 Å². The number of H-pyrrole nitrogens is 2. The van der Waals surface area contributed by atoms with Gasteiger partial charge in [-0.05, 0) is 0 Å². The molecule has 0 fully saturated rings. The Morgan fingerprint density at radius 3 is 1.77 bits per heavy atom. The summed E-state index contributed by atoms with van der Waals surface area (Å²) in [5.41, 5.74) is 6.25. The number of carbonyl (C=O) groups excluding carboxylic acids is 3. The minimum atomic E-state index is -1.63. The van der Waals surface area contributed by atoms with E-state index in [1.165, 1.54) is 25.0 Å². The Labute approximate surface area is 197 Å². The smallest absolute Gasteiger partial charge is 0.326 e. The number of aromatic nitrogens is 4. The first-order valence-electron chi connectivity index (χ1n) is 10.3. The fraction of sp³-hybridized carbons (Fsp3) is 0.421. The molecule has 0 aromatic carbocycles. The van der Waals surface area contributed by atoms with Gasteiger partial charge in [0.15, 0.2) is 0 Å². The molecule has 16 nitrogen and oxygen atoms in total. The summed E-state index contributed by atoms with van der Waals surface area (Å²) in [6.07, 6.45) is 4.32. The van der Waals surface area contributed by atoms with Gasteiger partial charge in [0, 0.05) is 36.6 Å². The van der Waals surface area contributed by atoms with Crippen LogP contribution in [-0.4, -0.2) is 95.7 Å². The molecule has 0 aliphatic rings. The quantitative estimate of drug-likeness (QED) is 0.123. The van der Waals surface area contributed by atoms with E-state index in [9.17, 15) is 29.1 Å². The maximum atomic E-state index is 13.0. The van der Waals surface area contributed by atoms with Gasteiger partial charge in [-0.1, -0.05) is 0 Å². The van der Waals surface area contributed by atoms with Gasteiger partial charge >= 0.3 is 11.9 Å². The second-order valence-corrected chi connectivity index (χ2v) is 7.47. The van der Waals surface area contributed by atoms with E-state index in [4.69, 9.17) is 15.9 Å². The Kier molecular flexibility index (Phi) is 9.85. The first kappa shape index (κ1) is 26.9. The van der Waals surface area contributed by atoms with Crippen LogP contribution in [0.2, 0.25) is 0 Å². The summed E-state index contributed by atoms with van der Waals surface area (Å²) in [5.74, 6) is -5.66. The maximum absolute atomic E-state index is 13.0. The zero-order valence-corrected chi connectivity index (χ0v) is 18.3. The van der Waals surface area contributed by atoms with Crippen molar-refractivity contribution in [2.45, 2.75) is 43.4 Å². The van der Waals surface area contributed by atoms with Crippen LogP contribution in [0.4, 0.5) is 0 Å². The lowest BCUT2D eigenvalue weighted by Crippen LogP contribution is -2.58. The molecule has 35 heavy (non-hydrogen) atoms. The van der Waals surface area contributed by atoms with E-state index in [0.717, 1.165) is 0 Å². The Bertz CT molecular complexity index is 1010. The monoisotopic (exact) mass is 494 g/mol. The molecular formula is C19H26N8O8. The van der Waals surface area contributed by atoms with Crippen molar-refractivity contribution in [3.05, 3.63) is 36.4 Å². The van der Waals surface area contributed by atoms with Crippen molar-refractivity contribution < 1.29 is 39.3 Å². The standard InChI is InChI=1S/C19H26N8O8/c20-11(6-28)16(31)25-13(3-15(29)30)18(33)26-12(1-9-4-21-7-23-9)17(32)27-14(19(34)35)2-10-5-22-8-24-10/h4-5,7-8,11-14,28H,1-3,6,20H2,(H,21,23)(H,22,24)(H,25,31)(H,26,33)(H,27,32)(H,29,30)(H,34,35). The summed E-state index contributed by atoms with van der Waals surface area (Å²) in [6.45, 7) is -0.745. The van der Waals surface area contributed by atoms with Gasteiger partial charge in [0.2, 0.25) is 17.7 Å². The topological polar surface area (TPSA) is 266 Å². The molecule has 2 aromatic rings. The molecular weight excluding hydrogens is 468 g/mol. The SMILES string of the molecule is NC(CO)C(=O)NC(CC(=O)O)C(=O)NC(Cc1cnc[nH]1)C(=O)NC(Cc1cnc[nH]1)C(=O)O. The number of aliphatic hydroxyl groups excluding tert-OH is 1. The number of aromatic amines is 2. The number of nitrogens with two attached hydrogens (primary N) is 1. The minimum absolute atomic E-state index is 0.122. The summed E-state index contributed by atoms with van der Waals surface area (Å²) in [7, 11) is 0. The van der Waals surface area contributed by atoms with Crippen LogP contribution in [0.1, 0.15) is 17.8 Å². The van der Waals surface area contributed by atoms with Crippen LogP contribution in [0.15, 0.2) is 25.0 Å². The summed E-state index contributed by atoms with van der Waals surface area (Å²) in [5, 5.41) is 34.4. The highest BCUT2D eigenvalue weighted by Crippen LogP contribution is 2.05. The van der Waals surface area contributed by atoms with Crippen LogP contribution in [0.25, 0.3) is 0 Å². The normalized spacial score (nSPS) is 14.2. The molecule has 4 unspecified atom stereocenters. The second kappa shape index (κ2) is 12.8. The molecule has 0 saturated heterocycles. The summed E-state index contributed by atoms with van der Waals surface area (Å²) < 4.78 is 0. The average molecular weight is 494 g/mol. The predicted molar refractivity (Wildman–Crippen MR) is 115 cm³/mol. The van der Waals surface area contributed by atoms with Crippen molar-refractivity contribution in [2.24, 2.45) is 5.73 Å². The summed E-state index contributed by atoms with van der Waals surface area (Å²) >= 11 is 0. The Morgan fingerprint density at radius 2 is 1.31 bits per heavy atom. The van der Waals surface area contributed by atoms with Crippen LogP contribution in [0, 0.1) is 0 Å². The zero-order valence-electron chi connectivity index (χ0n) is 18.3. The van der Waals surface area contributed by atoms with Crippen molar-refractivity contribution in [3.63, 3.8) is 0 Å². The molecule has 0 saturated carbocycles. The van der Waals surface area contributed by atoms with E-state index in [0.29, 0.717) is 11.4 Å². The van der Waals surface area contributed by atoms with Crippen molar-refractivity contribution >= 4 is 29.7 Å². The number of rotatable bonds is 14. The zero-order chi connectivity index (χ0) is 26.0. The van der Waals surface area contributed by atoms with Crippen LogP contribution in [0.5, 0.6) is 0 Å². The number of carboxylic acids is 2. The number of hydrogen-bond acceptors (Lipinski definition) is 9. The molecule has 190 valence electrons. The van der Waals surface area contributed by atoms with Crippen LogP contribution < -0.4 is 21.7 Å². The van der Waals surface area contributed by atoms with Gasteiger partial charge in [-0.25, -0.2) is 14.8 Å². The van der Waals surface area contributed by atoms with Crippen LogP contribution in [-0.2, 0) is 36.8 Å². The lowest BCUT2D eigenvalue weighted by Gasteiger charge is -2.24. The molecule has 4 atom stereocenters. The molecule has 0 aliphatic heterocycles. The van der Waals surface area contributed by atoms with Crippen molar-refractivity contribution in [1.29, 1.82) is 0 Å². The van der Waals surface area contributed by atoms with Crippen molar-refractivity contribution in [3.8, 4) is 0 Å². The molecule has 10 N–H and O–H groups in total. The number of aliphatic carboxylic acids is 2. The fourth-order valence-corrected chi connectivity index (χ4v) is 2.93. The second-order valence-electron chi connectivity index (χ2n) is 7.47. The number of carboxylic acid groups (broad SMARTS) is 2. The van der Waals surface area contributed by atoms with Gasteiger partial charge in [-0.3, -0.25) is 19.2 Å². The number of aliphatic hydroxyl groups is 1. The van der Waals surface area contributed by atoms with Crippen LogP contribution in [0.3, 0.4) is 0 Å². The summed E-state index contributed by atoms with van der Waals surface area (Å²) in [4.78, 5) is 73.7. The number of carbonyl (C=O) groups is 5. The van der Waals surface area contributed by atoms with E-state index >= 15 is 0 Å². The highest BCUT2D eigenvalue weighted by Gasteiger charge is 2.32. The van der Waals surface area contributed by atoms with Crippen molar-refractivity contribution in [2.75, 3.05) is 6.61 Å². The number of imidazole rings is 2. The Balaban J connectivity index is 2.20. The van der Waals surface area contributed by atoms with E-state index in [-0.39, 0.29) is 12.8 Å². The van der Waals surface area contributed by atoms with Crippen molar-refractivity contribution in [1.82, 2.24) is 35.9 Å². The number of nitrogens with one attached hydrogen (secondary N) is 5. The molecule has 16 heteroatoms. The summed E-state index contributed by atoms with van der Waals surface area (Å²) in [6, 6.07) is -5.77. The van der Waals surface area contributed by atoms with Gasteiger partial charge < -0.3 is 47.0 Å². The molecule has 0 radical (unpaired) electrons. The highest BCUT2D eigenvalue weighted by atomic mass is 16.4. The third-order valence-corrected chi connectivity index (χ3v) is 4.75. The molecule has 0 bridgehead atoms. The average Bonchev–Trinajstić information content (AvgIpc) is 3.50. The van der Waals surface area contributed by atoms with Gasteiger partial charge in [0.1, 0.15) is 24.2 Å². The minimum Gasteiger partial charge on any atom is -0.481 e. The number of amides is 3. The Morgan fingerprint density at radius 1 is 0.829 bits per heavy atom. The third kappa shape index (κ3) is 8.52. The van der Waals surface area contributed by atoms with Gasteiger partial charge in [0.25, 0.3) is 0 Å². The molecule has 2 heterocycles. The van der Waals surface area contributed by atoms with E-state index in [2.05, 4.69) is 35.9 Å². The number of hydrogen-bond donors (Lipinski definition) is 9. The molecule has 2 rings (SSSR count). The predicted octanol–water partition coefficient (Wildman–Crippen LogP) is -3.75. The lowest BCUT2D eigenvalue weighted by atomic mass is 10.1. The van der Waals surface area contributed by atoms with E-state index < -0.39 is 66.9 Å². The first-order chi connectivity index (χ1) is 16.6. The van der Waals surface area contributed by atoms with Gasteiger partial charge in [-0.2, -0.15) is 0 Å². The molecule has 0 aliphatic carbocycles. The molecule has 3 amide bonds. The third-order valence-electron chi connectivity index (χ3n) is 4.75. The van der Waals surface area contributed by atoms with E-state index in [1.807, 2.05) is 0 Å². The van der Waals surface area contributed by atoms with E-state index in [1.54, 1.807) is 0 Å². The fourth-order valence-electron chi connectivity index (χ4n) is 2.93. The largest absolute Gasteiger partial charge is 0.481 e. The maximum Gasteiger partial charge on any atom is 0.326 e. The Hall–Kier alpha value is -4.31. The number of nitrogens with zero attached hydrogens (tertiary/aromatic N) is 2. The molecule has 2 aromatic heterocycles. The lowest BCUT2D eigenvalue weighted by molar-refractivity contribution is -0.143. The first-order valence-corrected chi connectivity index (χ1v) is 10.3. The van der Waals surface area contributed by atoms with Gasteiger partial charge in [0.05, 0.1) is 25.7 Å². The van der Waals surface area contributed by atoms with Gasteiger partial charge in [-0.15, -0.1) is 0 Å².